The molecule has 1 aromatic rings. The monoisotopic (exact) mass is 290 g/mol. The number of nitrogens with zero attached hydrogens (tertiary/aromatic N) is 2. The highest BCUT2D eigenvalue weighted by Gasteiger charge is 2.41. The number of hydrogen-bond donors (Lipinski definition) is 0. The predicted octanol–water partition coefficient (Wildman–Crippen LogP) is 3.62. The van der Waals surface area contributed by atoms with E-state index >= 15 is 0 Å². The Kier molecular flexibility index (Phi) is 3.84. The second-order valence-corrected chi connectivity index (χ2v) is 4.70. The van der Waals surface area contributed by atoms with Crippen LogP contribution >= 0.6 is 0 Å². The van der Waals surface area contributed by atoms with Gasteiger partial charge in [0.15, 0.2) is 0 Å². The molecule has 1 saturated heterocycles. The zero-order valence-corrected chi connectivity index (χ0v) is 10.3. The van der Waals surface area contributed by atoms with Crippen molar-refractivity contribution >= 4 is 5.69 Å². The van der Waals surface area contributed by atoms with Crippen molar-refractivity contribution < 1.29 is 22.0 Å². The fourth-order valence-electron chi connectivity index (χ4n) is 2.31. The van der Waals surface area contributed by atoms with Crippen LogP contribution in [0.4, 0.5) is 27.6 Å². The molecular formula is C13H11F5N2. The number of benzene rings is 1. The molecule has 7 heteroatoms. The van der Waals surface area contributed by atoms with Crippen LogP contribution in [0.2, 0.25) is 0 Å². The molecule has 1 fully saturated rings. The van der Waals surface area contributed by atoms with Gasteiger partial charge in [0.2, 0.25) is 0 Å². The average molecular weight is 290 g/mol. The highest BCUT2D eigenvalue weighted by atomic mass is 19.4. The smallest absolute Gasteiger partial charge is 0.369 e. The largest absolute Gasteiger partial charge is 0.391 e. The van der Waals surface area contributed by atoms with Crippen molar-refractivity contribution in [3.05, 3.63) is 29.3 Å². The molecule has 0 unspecified atom stereocenters. The van der Waals surface area contributed by atoms with E-state index in [1.807, 2.05) is 0 Å². The van der Waals surface area contributed by atoms with Crippen molar-refractivity contribution in [2.75, 3.05) is 18.0 Å². The topological polar surface area (TPSA) is 27.0 Å². The third kappa shape index (κ3) is 2.84. The van der Waals surface area contributed by atoms with Gasteiger partial charge in [-0.05, 0) is 18.9 Å². The summed E-state index contributed by atoms with van der Waals surface area (Å²) in [5, 5.41) is 8.57. The summed E-state index contributed by atoms with van der Waals surface area (Å²) in [5.74, 6) is -3.07. The zero-order valence-electron chi connectivity index (χ0n) is 10.3. The first-order valence-corrected chi connectivity index (χ1v) is 6.03. The summed E-state index contributed by atoms with van der Waals surface area (Å²) < 4.78 is 64.8. The van der Waals surface area contributed by atoms with Crippen LogP contribution in [0.1, 0.15) is 18.4 Å². The van der Waals surface area contributed by atoms with Crippen LogP contribution in [0.5, 0.6) is 0 Å². The standard InChI is InChI=1S/C13H11F5N2/c14-10-6-12(11(15)5-8(10)7-19)20-3-1-9(2-4-20)13(16,17)18/h5-6,9H,1-4H2. The van der Waals surface area contributed by atoms with Crippen LogP contribution in [0, 0.1) is 28.9 Å². The maximum atomic E-state index is 13.8. The second-order valence-electron chi connectivity index (χ2n) is 4.70. The Bertz CT molecular complexity index is 539. The fourth-order valence-corrected chi connectivity index (χ4v) is 2.31. The SMILES string of the molecule is N#Cc1cc(F)c(N2CCC(C(F)(F)F)CC2)cc1F. The fraction of sp³-hybridized carbons (Fsp3) is 0.462. The molecule has 0 radical (unpaired) electrons. The number of halogens is 5. The van der Waals surface area contributed by atoms with Crippen LogP contribution in [0.25, 0.3) is 0 Å². The number of hydrogen-bond acceptors (Lipinski definition) is 2. The van der Waals surface area contributed by atoms with Gasteiger partial charge in [-0.2, -0.15) is 18.4 Å². The van der Waals surface area contributed by atoms with E-state index in [0.29, 0.717) is 0 Å². The maximum Gasteiger partial charge on any atom is 0.391 e. The minimum atomic E-state index is -4.25. The molecule has 2 nitrogen and oxygen atoms in total. The van der Waals surface area contributed by atoms with E-state index in [0.717, 1.165) is 12.1 Å². The van der Waals surface area contributed by atoms with Crippen molar-refractivity contribution in [3.8, 4) is 6.07 Å². The van der Waals surface area contributed by atoms with Crippen molar-refractivity contribution in [3.63, 3.8) is 0 Å². The molecule has 0 N–H and O–H groups in total. The van der Waals surface area contributed by atoms with Crippen LogP contribution in [0.3, 0.4) is 0 Å². The summed E-state index contributed by atoms with van der Waals surface area (Å²) >= 11 is 0. The van der Waals surface area contributed by atoms with Gasteiger partial charge in [0, 0.05) is 19.2 Å². The second kappa shape index (κ2) is 5.27. The van der Waals surface area contributed by atoms with Crippen LogP contribution < -0.4 is 4.90 Å². The summed E-state index contributed by atoms with van der Waals surface area (Å²) in [6.07, 6.45) is -4.55. The molecule has 0 aromatic heterocycles. The van der Waals surface area contributed by atoms with Gasteiger partial charge >= 0.3 is 6.18 Å². The Balaban J connectivity index is 2.16. The lowest BCUT2D eigenvalue weighted by Crippen LogP contribution is -2.39. The maximum absolute atomic E-state index is 13.8. The highest BCUT2D eigenvalue weighted by Crippen LogP contribution is 2.36. The highest BCUT2D eigenvalue weighted by molar-refractivity contribution is 5.52. The minimum Gasteiger partial charge on any atom is -0.369 e. The molecule has 0 aliphatic carbocycles. The van der Waals surface area contributed by atoms with E-state index in [2.05, 4.69) is 0 Å². The van der Waals surface area contributed by atoms with E-state index in [9.17, 15) is 22.0 Å². The quantitative estimate of drug-likeness (QED) is 0.739. The first kappa shape index (κ1) is 14.6. The molecule has 0 atom stereocenters. The molecule has 0 bridgehead atoms. The Morgan fingerprint density at radius 3 is 2.20 bits per heavy atom. The predicted molar refractivity (Wildman–Crippen MR) is 62.1 cm³/mol. The summed E-state index contributed by atoms with van der Waals surface area (Å²) in [4.78, 5) is 1.38. The Morgan fingerprint density at radius 2 is 1.70 bits per heavy atom. The molecule has 0 amide bonds. The van der Waals surface area contributed by atoms with Gasteiger partial charge in [0.25, 0.3) is 0 Å². The van der Waals surface area contributed by atoms with Crippen LogP contribution in [0.15, 0.2) is 12.1 Å². The molecular weight excluding hydrogens is 279 g/mol. The molecule has 108 valence electrons. The summed E-state index contributed by atoms with van der Waals surface area (Å²) in [5.41, 5.74) is -0.515. The molecule has 20 heavy (non-hydrogen) atoms. The van der Waals surface area contributed by atoms with Crippen molar-refractivity contribution in [2.24, 2.45) is 5.92 Å². The van der Waals surface area contributed by atoms with Gasteiger partial charge in [-0.3, -0.25) is 0 Å². The molecule has 1 aliphatic rings. The molecule has 1 heterocycles. The van der Waals surface area contributed by atoms with Gasteiger partial charge in [0.1, 0.15) is 17.7 Å². The Hall–Kier alpha value is -1.84. The van der Waals surface area contributed by atoms with Crippen molar-refractivity contribution in [1.82, 2.24) is 0 Å². The van der Waals surface area contributed by atoms with E-state index in [1.54, 1.807) is 0 Å². The molecule has 1 aromatic carbocycles. The van der Waals surface area contributed by atoms with Gasteiger partial charge in [-0.25, -0.2) is 8.78 Å². The Morgan fingerprint density at radius 1 is 1.10 bits per heavy atom. The van der Waals surface area contributed by atoms with Crippen molar-refractivity contribution in [1.29, 1.82) is 5.26 Å². The lowest BCUT2D eigenvalue weighted by molar-refractivity contribution is -0.179. The normalized spacial score (nSPS) is 17.1. The third-order valence-electron chi connectivity index (χ3n) is 3.46. The zero-order chi connectivity index (χ0) is 14.9. The number of alkyl halides is 3. The molecule has 2 rings (SSSR count). The van der Waals surface area contributed by atoms with Gasteiger partial charge in [-0.1, -0.05) is 0 Å². The van der Waals surface area contributed by atoms with E-state index < -0.39 is 29.3 Å². The number of anilines is 1. The number of nitriles is 1. The summed E-state index contributed by atoms with van der Waals surface area (Å²) in [6.45, 7) is 0.0128. The van der Waals surface area contributed by atoms with E-state index in [-0.39, 0.29) is 31.6 Å². The van der Waals surface area contributed by atoms with E-state index in [4.69, 9.17) is 5.26 Å². The third-order valence-corrected chi connectivity index (χ3v) is 3.46. The lowest BCUT2D eigenvalue weighted by Gasteiger charge is -2.34. The van der Waals surface area contributed by atoms with Crippen molar-refractivity contribution in [2.45, 2.75) is 19.0 Å². The first-order chi connectivity index (χ1) is 9.32. The van der Waals surface area contributed by atoms with Gasteiger partial charge in [0.05, 0.1) is 17.2 Å². The van der Waals surface area contributed by atoms with E-state index in [1.165, 1.54) is 11.0 Å². The van der Waals surface area contributed by atoms with Gasteiger partial charge in [-0.15, -0.1) is 0 Å². The average Bonchev–Trinajstić information content (AvgIpc) is 2.40. The first-order valence-electron chi connectivity index (χ1n) is 6.03. The number of piperidine rings is 1. The number of rotatable bonds is 1. The minimum absolute atomic E-state index is 0.00639. The lowest BCUT2D eigenvalue weighted by atomic mass is 9.96. The Labute approximate surface area is 112 Å². The van der Waals surface area contributed by atoms with Crippen LogP contribution in [-0.2, 0) is 0 Å². The van der Waals surface area contributed by atoms with Crippen LogP contribution in [-0.4, -0.2) is 19.3 Å². The summed E-state index contributed by atoms with van der Waals surface area (Å²) in [7, 11) is 0. The molecule has 0 spiro atoms. The van der Waals surface area contributed by atoms with Gasteiger partial charge < -0.3 is 4.90 Å². The molecule has 0 saturated carbocycles. The molecule has 1 aliphatic heterocycles. The summed E-state index contributed by atoms with van der Waals surface area (Å²) in [6, 6.07) is 3.14.